The number of hydrazine groups is 1. The Morgan fingerprint density at radius 2 is 1.68 bits per heavy atom. The van der Waals surface area contributed by atoms with Crippen LogP contribution in [0.15, 0.2) is 40.6 Å². The first-order valence-corrected chi connectivity index (χ1v) is 9.07. The van der Waals surface area contributed by atoms with Crippen LogP contribution in [0.25, 0.3) is 0 Å². The van der Waals surface area contributed by atoms with Crippen molar-refractivity contribution in [3.05, 3.63) is 35.9 Å². The van der Waals surface area contributed by atoms with Crippen LogP contribution in [-0.4, -0.2) is 22.6 Å². The molecule has 0 radical (unpaired) electrons. The summed E-state index contributed by atoms with van der Waals surface area (Å²) in [6.45, 7) is 7.77. The van der Waals surface area contributed by atoms with E-state index in [-0.39, 0.29) is 17.6 Å². The van der Waals surface area contributed by atoms with Crippen molar-refractivity contribution in [3.63, 3.8) is 0 Å². The molecule has 0 saturated heterocycles. The minimum atomic E-state index is -0.960. The zero-order chi connectivity index (χ0) is 18.5. The van der Waals surface area contributed by atoms with Crippen LogP contribution >= 0.6 is 0 Å². The summed E-state index contributed by atoms with van der Waals surface area (Å²) in [6.07, 6.45) is 5.36. The molecule has 0 heterocycles. The Morgan fingerprint density at radius 1 is 1.08 bits per heavy atom. The summed E-state index contributed by atoms with van der Waals surface area (Å²) in [4.78, 5) is 12.7. The van der Waals surface area contributed by atoms with Crippen molar-refractivity contribution in [1.82, 2.24) is 10.3 Å². The number of nitrogens with zero attached hydrogens (tertiary/aromatic N) is 3. The van der Waals surface area contributed by atoms with Gasteiger partial charge in [-0.05, 0) is 40.5 Å². The molecule has 0 aliphatic heterocycles. The highest BCUT2D eigenvalue weighted by Gasteiger charge is 2.32. The van der Waals surface area contributed by atoms with Crippen molar-refractivity contribution in [3.8, 4) is 0 Å². The van der Waals surface area contributed by atoms with Crippen LogP contribution in [0.1, 0.15) is 65.4 Å². The van der Waals surface area contributed by atoms with E-state index >= 15 is 0 Å². The highest BCUT2D eigenvalue weighted by atomic mass is 16.2. The lowest BCUT2D eigenvalue weighted by molar-refractivity contribution is 0.146. The van der Waals surface area contributed by atoms with Crippen molar-refractivity contribution in [2.75, 3.05) is 0 Å². The Hall–Kier alpha value is -1.95. The van der Waals surface area contributed by atoms with E-state index in [4.69, 9.17) is 5.84 Å². The van der Waals surface area contributed by atoms with Crippen molar-refractivity contribution >= 4 is 6.03 Å². The van der Waals surface area contributed by atoms with Gasteiger partial charge in [0.05, 0.1) is 5.54 Å². The molecule has 1 aliphatic carbocycles. The van der Waals surface area contributed by atoms with E-state index in [1.54, 1.807) is 0 Å². The average Bonchev–Trinajstić information content (AvgIpc) is 2.60. The molecule has 2 amide bonds. The second-order valence-electron chi connectivity index (χ2n) is 7.94. The number of nitrogens with two attached hydrogens (primary N) is 1. The van der Waals surface area contributed by atoms with E-state index in [1.165, 1.54) is 11.4 Å². The van der Waals surface area contributed by atoms with Crippen LogP contribution in [0.2, 0.25) is 0 Å². The molecule has 6 nitrogen and oxygen atoms in total. The molecule has 0 spiro atoms. The minimum absolute atomic E-state index is 0.0910. The van der Waals surface area contributed by atoms with Gasteiger partial charge in [0.15, 0.2) is 5.66 Å². The maximum absolute atomic E-state index is 12.7. The van der Waals surface area contributed by atoms with Gasteiger partial charge in [0.2, 0.25) is 0 Å². The molecule has 1 aromatic rings. The fraction of sp³-hybridized carbons (Fsp3) is 0.632. The zero-order valence-electron chi connectivity index (χ0n) is 15.8. The normalized spacial score (nSPS) is 18.8. The largest absolute Gasteiger partial charge is 0.333 e. The Bertz CT molecular complexity index is 590. The number of hydrogen-bond donors (Lipinski definition) is 2. The lowest BCUT2D eigenvalue weighted by atomic mass is 9.95. The van der Waals surface area contributed by atoms with E-state index in [1.807, 2.05) is 58.0 Å². The molecular formula is C19H31N5O. The van der Waals surface area contributed by atoms with Crippen LogP contribution in [0.5, 0.6) is 0 Å². The summed E-state index contributed by atoms with van der Waals surface area (Å²) in [6, 6.07) is 9.43. The van der Waals surface area contributed by atoms with E-state index in [9.17, 15) is 4.79 Å². The van der Waals surface area contributed by atoms with Gasteiger partial charge in [0.25, 0.3) is 0 Å². The molecule has 1 aromatic carbocycles. The number of nitrogens with one attached hydrogen (secondary N) is 1. The predicted octanol–water partition coefficient (Wildman–Crippen LogP) is 4.33. The molecule has 1 fully saturated rings. The molecule has 1 unspecified atom stereocenters. The third-order valence-electron chi connectivity index (χ3n) is 4.44. The third-order valence-corrected chi connectivity index (χ3v) is 4.44. The molecule has 3 N–H and O–H groups in total. The Balaban J connectivity index is 2.20. The van der Waals surface area contributed by atoms with E-state index in [2.05, 4.69) is 15.5 Å². The number of rotatable bonds is 4. The topological polar surface area (TPSA) is 83.1 Å². The van der Waals surface area contributed by atoms with Crippen LogP contribution in [0.4, 0.5) is 4.79 Å². The van der Waals surface area contributed by atoms with Crippen molar-refractivity contribution in [1.29, 1.82) is 0 Å². The first-order valence-electron chi connectivity index (χ1n) is 9.07. The SMILES string of the molecule is CC(C)(C)/N=N/C(C)(NC(=O)N(N)C1CCCCC1)c1ccccc1. The number of amides is 2. The van der Waals surface area contributed by atoms with Gasteiger partial charge in [-0.25, -0.2) is 10.6 Å². The van der Waals surface area contributed by atoms with Crippen LogP contribution in [-0.2, 0) is 5.66 Å². The number of benzene rings is 1. The average molecular weight is 345 g/mol. The molecule has 1 saturated carbocycles. The van der Waals surface area contributed by atoms with E-state index < -0.39 is 5.66 Å². The molecule has 0 bridgehead atoms. The highest BCUT2D eigenvalue weighted by Crippen LogP contribution is 2.26. The van der Waals surface area contributed by atoms with Gasteiger partial charge >= 0.3 is 6.03 Å². The predicted molar refractivity (Wildman–Crippen MR) is 99.8 cm³/mol. The lowest BCUT2D eigenvalue weighted by Crippen LogP contribution is -2.55. The summed E-state index contributed by atoms with van der Waals surface area (Å²) in [7, 11) is 0. The van der Waals surface area contributed by atoms with E-state index in [0.29, 0.717) is 0 Å². The third kappa shape index (κ3) is 5.53. The van der Waals surface area contributed by atoms with Crippen molar-refractivity contribution in [2.24, 2.45) is 16.1 Å². The first kappa shape index (κ1) is 19.4. The molecule has 138 valence electrons. The van der Waals surface area contributed by atoms with Crippen LogP contribution in [0, 0.1) is 0 Å². The number of carbonyl (C=O) groups is 1. The van der Waals surface area contributed by atoms with Gasteiger partial charge in [-0.1, -0.05) is 49.6 Å². The summed E-state index contributed by atoms with van der Waals surface area (Å²) in [5.41, 5.74) is -0.418. The molecule has 25 heavy (non-hydrogen) atoms. The van der Waals surface area contributed by atoms with Gasteiger partial charge < -0.3 is 5.32 Å². The van der Waals surface area contributed by atoms with Gasteiger partial charge in [-0.15, -0.1) is 0 Å². The number of azo groups is 1. The maximum Gasteiger partial charge on any atom is 0.333 e. The van der Waals surface area contributed by atoms with Gasteiger partial charge in [-0.2, -0.15) is 10.2 Å². The second kappa shape index (κ2) is 7.95. The standard InChI is InChI=1S/C19H31N5O/c1-18(2,3)22-23-19(4,15-11-7-5-8-12-15)21-17(25)24(20)16-13-9-6-10-14-16/h5,7-8,11-12,16H,6,9-10,13-14,20H2,1-4H3,(H,21,25)/b23-22+. The Morgan fingerprint density at radius 3 is 2.24 bits per heavy atom. The molecule has 1 atom stereocenters. The fourth-order valence-electron chi connectivity index (χ4n) is 2.97. The fourth-order valence-corrected chi connectivity index (χ4v) is 2.97. The highest BCUT2D eigenvalue weighted by molar-refractivity contribution is 5.75. The number of hydrogen-bond acceptors (Lipinski definition) is 4. The molecular weight excluding hydrogens is 314 g/mol. The number of urea groups is 1. The quantitative estimate of drug-likeness (QED) is 0.368. The van der Waals surface area contributed by atoms with Gasteiger partial charge in [0, 0.05) is 11.6 Å². The summed E-state index contributed by atoms with van der Waals surface area (Å²) < 4.78 is 0. The lowest BCUT2D eigenvalue weighted by Gasteiger charge is -2.34. The van der Waals surface area contributed by atoms with Crippen LogP contribution < -0.4 is 11.2 Å². The van der Waals surface area contributed by atoms with Gasteiger partial charge in [-0.3, -0.25) is 5.01 Å². The van der Waals surface area contributed by atoms with Crippen molar-refractivity contribution in [2.45, 2.75) is 77.0 Å². The van der Waals surface area contributed by atoms with E-state index in [0.717, 1.165) is 31.2 Å². The molecule has 6 heteroatoms. The van der Waals surface area contributed by atoms with Gasteiger partial charge in [0.1, 0.15) is 0 Å². The minimum Gasteiger partial charge on any atom is -0.307 e. The second-order valence-corrected chi connectivity index (χ2v) is 7.94. The summed E-state index contributed by atoms with van der Waals surface area (Å²) >= 11 is 0. The summed E-state index contributed by atoms with van der Waals surface area (Å²) in [5, 5.41) is 13.2. The molecule has 0 aromatic heterocycles. The molecule has 1 aliphatic rings. The molecule has 2 rings (SSSR count). The monoisotopic (exact) mass is 345 g/mol. The maximum atomic E-state index is 12.7. The van der Waals surface area contributed by atoms with Crippen molar-refractivity contribution < 1.29 is 4.79 Å². The summed E-state index contributed by atoms with van der Waals surface area (Å²) in [5.74, 6) is 6.11. The number of carbonyl (C=O) groups excluding carboxylic acids is 1. The zero-order valence-corrected chi connectivity index (χ0v) is 15.8. The Kier molecular flexibility index (Phi) is 6.16. The smallest absolute Gasteiger partial charge is 0.307 e. The Labute approximate surface area is 150 Å². The van der Waals surface area contributed by atoms with Crippen LogP contribution in [0.3, 0.4) is 0 Å². The first-order chi connectivity index (χ1) is 11.7.